The van der Waals surface area contributed by atoms with Crippen LogP contribution in [0.2, 0.25) is 0 Å². The van der Waals surface area contributed by atoms with E-state index in [0.717, 1.165) is 35.0 Å². The second-order valence-electron chi connectivity index (χ2n) is 4.45. The summed E-state index contributed by atoms with van der Waals surface area (Å²) < 4.78 is 0. The lowest BCUT2D eigenvalue weighted by atomic mass is 10.1. The molecule has 4 heteroatoms. The van der Waals surface area contributed by atoms with Crippen LogP contribution in [0.25, 0.3) is 10.9 Å². The summed E-state index contributed by atoms with van der Waals surface area (Å²) in [5, 5.41) is 18.9. The molecule has 0 atom stereocenters. The van der Waals surface area contributed by atoms with Crippen LogP contribution in [0, 0.1) is 5.41 Å². The Morgan fingerprint density at radius 1 is 1.50 bits per heavy atom. The lowest BCUT2D eigenvalue weighted by Crippen LogP contribution is -2.10. The minimum absolute atomic E-state index is 0.483. The number of aromatic amines is 1. The molecule has 18 heavy (non-hydrogen) atoms. The van der Waals surface area contributed by atoms with Gasteiger partial charge in [0.15, 0.2) is 0 Å². The number of H-pyrrole nitrogens is 1. The van der Waals surface area contributed by atoms with Gasteiger partial charge in [0.2, 0.25) is 0 Å². The second-order valence-corrected chi connectivity index (χ2v) is 4.45. The number of anilines is 1. The second kappa shape index (κ2) is 5.49. The van der Waals surface area contributed by atoms with Crippen LogP contribution in [-0.4, -0.2) is 16.0 Å². The highest BCUT2D eigenvalue weighted by Crippen LogP contribution is 2.17. The maximum Gasteiger partial charge on any atom is 0.102 e. The highest BCUT2D eigenvalue weighted by Gasteiger charge is 2.02. The molecule has 0 aliphatic rings. The predicted octanol–water partition coefficient (Wildman–Crippen LogP) is 3.70. The van der Waals surface area contributed by atoms with Gasteiger partial charge in [-0.1, -0.05) is 25.5 Å². The first kappa shape index (κ1) is 12.4. The molecule has 0 saturated carbocycles. The third-order valence-corrected chi connectivity index (χ3v) is 2.77. The van der Waals surface area contributed by atoms with E-state index in [2.05, 4.69) is 29.0 Å². The first-order valence-corrected chi connectivity index (χ1v) is 6.13. The lowest BCUT2D eigenvalue weighted by Gasteiger charge is -2.09. The SMILES string of the molecule is C=C(CCC)CC(=N)Nc1ccc2[nH]ncc2c1. The summed E-state index contributed by atoms with van der Waals surface area (Å²) in [5.41, 5.74) is 3.01. The molecule has 1 heterocycles. The fourth-order valence-corrected chi connectivity index (χ4v) is 1.93. The maximum atomic E-state index is 7.91. The number of hydrogen-bond acceptors (Lipinski definition) is 2. The Bertz CT molecular complexity index is 568. The van der Waals surface area contributed by atoms with E-state index in [1.165, 1.54) is 0 Å². The topological polar surface area (TPSA) is 64.6 Å². The molecule has 0 aliphatic heterocycles. The van der Waals surface area contributed by atoms with Gasteiger partial charge in [-0.25, -0.2) is 0 Å². The van der Waals surface area contributed by atoms with E-state index in [1.54, 1.807) is 6.20 Å². The summed E-state index contributed by atoms with van der Waals surface area (Å²) in [4.78, 5) is 0. The van der Waals surface area contributed by atoms with Crippen LogP contribution in [-0.2, 0) is 0 Å². The van der Waals surface area contributed by atoms with Crippen LogP contribution in [0.3, 0.4) is 0 Å². The first-order chi connectivity index (χ1) is 8.69. The molecule has 0 aliphatic carbocycles. The van der Waals surface area contributed by atoms with Gasteiger partial charge in [-0.3, -0.25) is 10.5 Å². The van der Waals surface area contributed by atoms with E-state index in [-0.39, 0.29) is 0 Å². The highest BCUT2D eigenvalue weighted by molar-refractivity contribution is 5.96. The molecule has 0 bridgehead atoms. The molecule has 0 fully saturated rings. The third kappa shape index (κ3) is 2.97. The Balaban J connectivity index is 2.00. The molecule has 0 amide bonds. The Morgan fingerprint density at radius 3 is 3.11 bits per heavy atom. The average Bonchev–Trinajstić information content (AvgIpc) is 2.76. The number of nitrogens with zero attached hydrogens (tertiary/aromatic N) is 1. The van der Waals surface area contributed by atoms with Crippen LogP contribution in [0.1, 0.15) is 26.2 Å². The number of aromatic nitrogens is 2. The van der Waals surface area contributed by atoms with Crippen LogP contribution < -0.4 is 5.32 Å². The fourth-order valence-electron chi connectivity index (χ4n) is 1.93. The van der Waals surface area contributed by atoms with Crippen molar-refractivity contribution >= 4 is 22.4 Å². The van der Waals surface area contributed by atoms with Gasteiger partial charge in [-0.15, -0.1) is 0 Å². The van der Waals surface area contributed by atoms with Crippen LogP contribution in [0.4, 0.5) is 5.69 Å². The van der Waals surface area contributed by atoms with Gasteiger partial charge in [0, 0.05) is 17.5 Å². The van der Waals surface area contributed by atoms with Gasteiger partial charge in [-0.2, -0.15) is 5.10 Å². The lowest BCUT2D eigenvalue weighted by molar-refractivity contribution is 0.891. The summed E-state index contributed by atoms with van der Waals surface area (Å²) in [6, 6.07) is 5.88. The molecule has 4 nitrogen and oxygen atoms in total. The molecule has 0 radical (unpaired) electrons. The van der Waals surface area contributed by atoms with E-state index in [0.29, 0.717) is 12.3 Å². The molecule has 0 saturated heterocycles. The number of hydrogen-bond donors (Lipinski definition) is 3. The zero-order chi connectivity index (χ0) is 13.0. The predicted molar refractivity (Wildman–Crippen MR) is 76.1 cm³/mol. The van der Waals surface area contributed by atoms with Gasteiger partial charge in [0.05, 0.1) is 11.7 Å². The Labute approximate surface area is 107 Å². The van der Waals surface area contributed by atoms with Crippen molar-refractivity contribution in [2.45, 2.75) is 26.2 Å². The van der Waals surface area contributed by atoms with Crippen molar-refractivity contribution in [3.8, 4) is 0 Å². The monoisotopic (exact) mass is 242 g/mol. The standard InChI is InChI=1S/C14H18N4/c1-3-4-10(2)7-14(15)17-12-5-6-13-11(8-12)9-16-18-13/h5-6,8-9H,2-4,7H2,1H3,(H2,15,17)(H,16,18). The van der Waals surface area contributed by atoms with E-state index in [9.17, 15) is 0 Å². The van der Waals surface area contributed by atoms with E-state index in [1.807, 2.05) is 18.2 Å². The summed E-state index contributed by atoms with van der Waals surface area (Å²) in [5.74, 6) is 0.483. The van der Waals surface area contributed by atoms with E-state index in [4.69, 9.17) is 5.41 Å². The minimum Gasteiger partial charge on any atom is -0.344 e. The quantitative estimate of drug-likeness (QED) is 0.425. The van der Waals surface area contributed by atoms with Gasteiger partial charge in [0.1, 0.15) is 5.84 Å². The van der Waals surface area contributed by atoms with Crippen molar-refractivity contribution in [1.82, 2.24) is 10.2 Å². The number of rotatable bonds is 5. The molecule has 3 N–H and O–H groups in total. The first-order valence-electron chi connectivity index (χ1n) is 6.13. The van der Waals surface area contributed by atoms with Gasteiger partial charge in [-0.05, 0) is 24.6 Å². The average molecular weight is 242 g/mol. The molecule has 2 aromatic rings. The van der Waals surface area contributed by atoms with E-state index < -0.39 is 0 Å². The third-order valence-electron chi connectivity index (χ3n) is 2.77. The summed E-state index contributed by atoms with van der Waals surface area (Å²) in [6.45, 7) is 6.09. The molecule has 2 rings (SSSR count). The van der Waals surface area contributed by atoms with Crippen LogP contribution >= 0.6 is 0 Å². The van der Waals surface area contributed by atoms with Crippen molar-refractivity contribution < 1.29 is 0 Å². The minimum atomic E-state index is 0.483. The smallest absolute Gasteiger partial charge is 0.102 e. The molecule has 0 unspecified atom stereocenters. The summed E-state index contributed by atoms with van der Waals surface area (Å²) in [6.07, 6.45) is 4.44. The van der Waals surface area contributed by atoms with Crippen molar-refractivity contribution in [3.05, 3.63) is 36.5 Å². The number of nitrogens with one attached hydrogen (secondary N) is 3. The largest absolute Gasteiger partial charge is 0.344 e. The van der Waals surface area contributed by atoms with Gasteiger partial charge >= 0.3 is 0 Å². The van der Waals surface area contributed by atoms with Crippen molar-refractivity contribution in [2.24, 2.45) is 0 Å². The zero-order valence-electron chi connectivity index (χ0n) is 10.6. The Kier molecular flexibility index (Phi) is 3.77. The molecule has 94 valence electrons. The summed E-state index contributed by atoms with van der Waals surface area (Å²) >= 11 is 0. The molecule has 0 spiro atoms. The number of fused-ring (bicyclic) bond motifs is 1. The van der Waals surface area contributed by atoms with Crippen LogP contribution in [0.15, 0.2) is 36.5 Å². The molecular formula is C14H18N4. The summed E-state index contributed by atoms with van der Waals surface area (Å²) in [7, 11) is 0. The van der Waals surface area contributed by atoms with Crippen molar-refractivity contribution in [2.75, 3.05) is 5.32 Å². The zero-order valence-corrected chi connectivity index (χ0v) is 10.6. The van der Waals surface area contributed by atoms with Gasteiger partial charge in [0.25, 0.3) is 0 Å². The number of amidine groups is 1. The van der Waals surface area contributed by atoms with E-state index >= 15 is 0 Å². The molecular weight excluding hydrogens is 224 g/mol. The highest BCUT2D eigenvalue weighted by atomic mass is 15.1. The van der Waals surface area contributed by atoms with Crippen LogP contribution in [0.5, 0.6) is 0 Å². The van der Waals surface area contributed by atoms with Crippen molar-refractivity contribution in [3.63, 3.8) is 0 Å². The van der Waals surface area contributed by atoms with Gasteiger partial charge < -0.3 is 5.32 Å². The fraction of sp³-hybridized carbons (Fsp3) is 0.286. The Hall–Kier alpha value is -2.10. The molecule has 1 aromatic carbocycles. The normalized spacial score (nSPS) is 10.5. The number of benzene rings is 1. The molecule has 1 aromatic heterocycles. The Morgan fingerprint density at radius 2 is 2.33 bits per heavy atom. The van der Waals surface area contributed by atoms with Crippen molar-refractivity contribution in [1.29, 1.82) is 5.41 Å². The maximum absolute atomic E-state index is 7.91.